The fraction of sp³-hybridized carbons (Fsp3) is 0.778. The van der Waals surface area contributed by atoms with Crippen LogP contribution in [0.15, 0.2) is 0 Å². The molecule has 0 saturated carbocycles. The Kier molecular flexibility index (Phi) is 8.16. The minimum absolute atomic E-state index is 0.228. The SMILES string of the molecule is CC(C)(C)OC(=O)N(C(=O)OC(C)(C)C)[C@@H](CCC(=O)O)C(=O)N1CCSC1. The van der Waals surface area contributed by atoms with Crippen molar-refractivity contribution >= 4 is 35.8 Å². The molecule has 0 unspecified atom stereocenters. The lowest BCUT2D eigenvalue weighted by Gasteiger charge is -2.34. The van der Waals surface area contributed by atoms with Crippen molar-refractivity contribution in [3.8, 4) is 0 Å². The van der Waals surface area contributed by atoms with Crippen LogP contribution in [0.1, 0.15) is 54.4 Å². The van der Waals surface area contributed by atoms with Gasteiger partial charge in [-0.25, -0.2) is 9.59 Å². The number of hydrogen-bond acceptors (Lipinski definition) is 7. The van der Waals surface area contributed by atoms with Gasteiger partial charge in [-0.2, -0.15) is 4.90 Å². The molecule has 0 spiro atoms. The van der Waals surface area contributed by atoms with Gasteiger partial charge in [0.2, 0.25) is 5.91 Å². The predicted octanol–water partition coefficient (Wildman–Crippen LogP) is 2.92. The zero-order chi connectivity index (χ0) is 21.7. The third-order valence-electron chi connectivity index (χ3n) is 3.47. The van der Waals surface area contributed by atoms with Crippen LogP contribution in [0.2, 0.25) is 0 Å². The molecule has 1 saturated heterocycles. The van der Waals surface area contributed by atoms with Gasteiger partial charge in [-0.3, -0.25) is 9.59 Å². The molecule has 0 aromatic rings. The van der Waals surface area contributed by atoms with E-state index >= 15 is 0 Å². The van der Waals surface area contributed by atoms with Crippen LogP contribution in [0, 0.1) is 0 Å². The second kappa shape index (κ2) is 9.49. The summed E-state index contributed by atoms with van der Waals surface area (Å²) < 4.78 is 10.6. The van der Waals surface area contributed by atoms with Gasteiger partial charge in [0.1, 0.15) is 17.2 Å². The van der Waals surface area contributed by atoms with Gasteiger partial charge in [-0.05, 0) is 48.0 Å². The van der Waals surface area contributed by atoms with Crippen molar-refractivity contribution in [2.75, 3.05) is 18.2 Å². The molecule has 1 aliphatic heterocycles. The normalized spacial score (nSPS) is 15.7. The van der Waals surface area contributed by atoms with Crippen LogP contribution in [-0.2, 0) is 19.1 Å². The molecule has 0 bridgehead atoms. The van der Waals surface area contributed by atoms with Gasteiger partial charge in [-0.1, -0.05) is 0 Å². The van der Waals surface area contributed by atoms with E-state index in [9.17, 15) is 19.2 Å². The lowest BCUT2D eigenvalue weighted by atomic mass is 10.1. The van der Waals surface area contributed by atoms with Crippen LogP contribution in [0.25, 0.3) is 0 Å². The van der Waals surface area contributed by atoms with Gasteiger partial charge < -0.3 is 19.5 Å². The lowest BCUT2D eigenvalue weighted by molar-refractivity contribution is -0.139. The highest BCUT2D eigenvalue weighted by molar-refractivity contribution is 7.99. The Morgan fingerprint density at radius 3 is 1.89 bits per heavy atom. The number of rotatable bonds is 5. The van der Waals surface area contributed by atoms with E-state index in [1.807, 2.05) is 0 Å². The molecule has 0 aliphatic carbocycles. The first-order valence-electron chi connectivity index (χ1n) is 9.05. The summed E-state index contributed by atoms with van der Waals surface area (Å²) in [6, 6.07) is -1.32. The lowest BCUT2D eigenvalue weighted by Crippen LogP contribution is -2.55. The molecule has 1 atom stereocenters. The fourth-order valence-electron chi connectivity index (χ4n) is 2.37. The topological polar surface area (TPSA) is 113 Å². The highest BCUT2D eigenvalue weighted by Gasteiger charge is 2.42. The molecular formula is C18H30N2O7S. The van der Waals surface area contributed by atoms with Crippen molar-refractivity contribution in [3.05, 3.63) is 0 Å². The molecule has 0 radical (unpaired) electrons. The van der Waals surface area contributed by atoms with E-state index < -0.39 is 41.3 Å². The number of thioether (sulfide) groups is 1. The molecular weight excluding hydrogens is 388 g/mol. The highest BCUT2D eigenvalue weighted by Crippen LogP contribution is 2.23. The molecule has 1 rings (SSSR count). The van der Waals surface area contributed by atoms with Gasteiger partial charge >= 0.3 is 18.2 Å². The Morgan fingerprint density at radius 2 is 1.54 bits per heavy atom. The quantitative estimate of drug-likeness (QED) is 0.725. The van der Waals surface area contributed by atoms with Crippen molar-refractivity contribution < 1.29 is 33.8 Å². The van der Waals surface area contributed by atoms with E-state index in [2.05, 4.69) is 0 Å². The minimum atomic E-state index is -1.32. The van der Waals surface area contributed by atoms with E-state index in [0.29, 0.717) is 17.3 Å². The minimum Gasteiger partial charge on any atom is -0.481 e. The molecule has 3 amide bonds. The molecule has 28 heavy (non-hydrogen) atoms. The Hall–Kier alpha value is -1.97. The number of carbonyl (C=O) groups is 4. The molecule has 1 N–H and O–H groups in total. The maximum Gasteiger partial charge on any atom is 0.420 e. The summed E-state index contributed by atoms with van der Waals surface area (Å²) in [4.78, 5) is 51.7. The van der Waals surface area contributed by atoms with Crippen molar-refractivity contribution in [1.82, 2.24) is 9.80 Å². The number of ether oxygens (including phenoxy) is 2. The summed E-state index contributed by atoms with van der Waals surface area (Å²) in [7, 11) is 0. The van der Waals surface area contributed by atoms with Crippen LogP contribution in [0.3, 0.4) is 0 Å². The molecule has 0 aromatic carbocycles. The van der Waals surface area contributed by atoms with Crippen LogP contribution in [0.5, 0.6) is 0 Å². The zero-order valence-electron chi connectivity index (χ0n) is 17.3. The monoisotopic (exact) mass is 418 g/mol. The number of carbonyl (C=O) groups excluding carboxylic acids is 3. The largest absolute Gasteiger partial charge is 0.481 e. The van der Waals surface area contributed by atoms with Crippen molar-refractivity contribution in [2.45, 2.75) is 71.6 Å². The van der Waals surface area contributed by atoms with Gasteiger partial charge in [0.25, 0.3) is 0 Å². The van der Waals surface area contributed by atoms with E-state index in [0.717, 1.165) is 5.75 Å². The van der Waals surface area contributed by atoms with Crippen molar-refractivity contribution in [3.63, 3.8) is 0 Å². The molecule has 10 heteroatoms. The average molecular weight is 419 g/mol. The first-order chi connectivity index (χ1) is 12.7. The number of aliphatic carboxylic acids is 1. The maximum atomic E-state index is 13.0. The summed E-state index contributed by atoms with van der Waals surface area (Å²) in [5.74, 6) is -0.486. The highest BCUT2D eigenvalue weighted by atomic mass is 32.2. The number of nitrogens with zero attached hydrogens (tertiary/aromatic N) is 2. The van der Waals surface area contributed by atoms with Crippen LogP contribution in [-0.4, -0.2) is 74.4 Å². The van der Waals surface area contributed by atoms with Gasteiger partial charge in [0.15, 0.2) is 0 Å². The van der Waals surface area contributed by atoms with Crippen molar-refractivity contribution in [1.29, 1.82) is 0 Å². The molecule has 9 nitrogen and oxygen atoms in total. The van der Waals surface area contributed by atoms with Gasteiger partial charge in [0, 0.05) is 18.7 Å². The standard InChI is InChI=1S/C18H30N2O7S/c1-17(2,3)26-15(24)20(16(25)27-18(4,5)6)12(7-8-13(21)22)14(23)19-9-10-28-11-19/h12H,7-11H2,1-6H3,(H,21,22)/t12-/m0/s1. The average Bonchev–Trinajstić information content (AvgIpc) is 3.00. The van der Waals surface area contributed by atoms with Gasteiger partial charge in [-0.15, -0.1) is 11.8 Å². The van der Waals surface area contributed by atoms with Crippen LogP contribution in [0.4, 0.5) is 9.59 Å². The Balaban J connectivity index is 3.25. The first kappa shape index (κ1) is 24.1. The summed E-state index contributed by atoms with van der Waals surface area (Å²) >= 11 is 1.54. The summed E-state index contributed by atoms with van der Waals surface area (Å²) in [5.41, 5.74) is -1.83. The maximum absolute atomic E-state index is 13.0. The molecule has 1 fully saturated rings. The number of amides is 3. The Morgan fingerprint density at radius 1 is 1.04 bits per heavy atom. The zero-order valence-corrected chi connectivity index (χ0v) is 18.1. The number of hydrogen-bond donors (Lipinski definition) is 1. The summed E-state index contributed by atoms with van der Waals surface area (Å²) in [5, 5.41) is 9.06. The Bertz CT molecular complexity index is 576. The smallest absolute Gasteiger partial charge is 0.420 e. The number of carboxylic acids is 1. The molecule has 1 heterocycles. The Labute approximate surface area is 169 Å². The number of carboxylic acid groups (broad SMARTS) is 1. The summed E-state index contributed by atoms with van der Waals surface area (Å²) in [6.45, 7) is 10.2. The first-order valence-corrected chi connectivity index (χ1v) is 10.2. The van der Waals surface area contributed by atoms with Crippen LogP contribution >= 0.6 is 11.8 Å². The van der Waals surface area contributed by atoms with E-state index in [-0.39, 0.29) is 12.8 Å². The third kappa shape index (κ3) is 7.95. The molecule has 0 aromatic heterocycles. The van der Waals surface area contributed by atoms with Crippen molar-refractivity contribution in [2.24, 2.45) is 0 Å². The molecule has 1 aliphatic rings. The van der Waals surface area contributed by atoms with E-state index in [1.165, 1.54) is 16.7 Å². The second-order valence-corrected chi connectivity index (χ2v) is 9.49. The second-order valence-electron chi connectivity index (χ2n) is 8.42. The fourth-order valence-corrected chi connectivity index (χ4v) is 3.33. The van der Waals surface area contributed by atoms with Gasteiger partial charge in [0.05, 0.1) is 5.88 Å². The van der Waals surface area contributed by atoms with Crippen LogP contribution < -0.4 is 0 Å². The predicted molar refractivity (Wildman–Crippen MR) is 104 cm³/mol. The molecule has 160 valence electrons. The summed E-state index contributed by atoms with van der Waals surface area (Å²) in [6.07, 6.45) is -2.71. The van der Waals surface area contributed by atoms with E-state index in [1.54, 1.807) is 41.5 Å². The van der Waals surface area contributed by atoms with E-state index in [4.69, 9.17) is 14.6 Å². The third-order valence-corrected chi connectivity index (χ3v) is 4.44. The number of imide groups is 1.